The molecule has 114 valence electrons. The predicted octanol–water partition coefficient (Wildman–Crippen LogP) is 2.29. The lowest BCUT2D eigenvalue weighted by Gasteiger charge is -2.31. The van der Waals surface area contributed by atoms with Crippen molar-refractivity contribution in [1.29, 1.82) is 0 Å². The van der Waals surface area contributed by atoms with Gasteiger partial charge in [-0.2, -0.15) is 16.1 Å². The van der Waals surface area contributed by atoms with Crippen molar-refractivity contribution < 1.29 is 8.42 Å². The molecule has 1 N–H and O–H groups in total. The minimum absolute atomic E-state index is 0.425. The summed E-state index contributed by atoms with van der Waals surface area (Å²) in [5, 5.41) is 3.50. The van der Waals surface area contributed by atoms with Crippen LogP contribution in [0.4, 0.5) is 0 Å². The van der Waals surface area contributed by atoms with Gasteiger partial charge in [0, 0.05) is 40.4 Å². The van der Waals surface area contributed by atoms with E-state index in [1.807, 2.05) is 31.8 Å². The monoisotopic (exact) mass is 334 g/mol. The minimum atomic E-state index is -3.33. The van der Waals surface area contributed by atoms with Gasteiger partial charge in [0.1, 0.15) is 0 Å². The normalized spacial score (nSPS) is 21.2. The zero-order valence-electron chi connectivity index (χ0n) is 12.2. The minimum Gasteiger partial charge on any atom is -0.315 e. The fraction of sp³-hybridized carbons (Fsp3) is 0.692. The second kappa shape index (κ2) is 6.79. The summed E-state index contributed by atoms with van der Waals surface area (Å²) in [5.41, 5.74) is 0. The van der Waals surface area contributed by atoms with E-state index in [0.717, 1.165) is 21.9 Å². The van der Waals surface area contributed by atoms with Gasteiger partial charge in [0.15, 0.2) is 0 Å². The molecule has 1 aromatic rings. The van der Waals surface area contributed by atoms with Crippen molar-refractivity contribution in [1.82, 2.24) is 9.62 Å². The number of rotatable bonds is 5. The van der Waals surface area contributed by atoms with Gasteiger partial charge in [-0.3, -0.25) is 0 Å². The molecule has 2 rings (SSSR count). The highest BCUT2D eigenvalue weighted by Crippen LogP contribution is 2.31. The van der Waals surface area contributed by atoms with E-state index in [-0.39, 0.29) is 0 Å². The lowest BCUT2D eigenvalue weighted by Crippen LogP contribution is -2.41. The van der Waals surface area contributed by atoms with Crippen molar-refractivity contribution in [3.63, 3.8) is 0 Å². The number of thiophene rings is 1. The summed E-state index contributed by atoms with van der Waals surface area (Å²) >= 11 is 3.45. The van der Waals surface area contributed by atoms with Gasteiger partial charge in [-0.25, -0.2) is 8.42 Å². The molecule has 0 bridgehead atoms. The van der Waals surface area contributed by atoms with Crippen LogP contribution in [0.3, 0.4) is 0 Å². The highest BCUT2D eigenvalue weighted by molar-refractivity contribution is 8.00. The standard InChI is InChI=1S/C13H22N2O2S3/c1-4-11-9-15(5-6-18-11)20(16,17)13-7-12(8-14-3)19-10(13)2/h7,11,14H,4-6,8-9H2,1-3H3. The number of aryl methyl sites for hydroxylation is 1. The Hall–Kier alpha value is -0.0800. The van der Waals surface area contributed by atoms with Crippen molar-refractivity contribution in [2.24, 2.45) is 0 Å². The smallest absolute Gasteiger partial charge is 0.244 e. The topological polar surface area (TPSA) is 49.4 Å². The van der Waals surface area contributed by atoms with Crippen LogP contribution in [-0.4, -0.2) is 43.9 Å². The first-order chi connectivity index (χ1) is 9.48. The molecule has 0 saturated carbocycles. The van der Waals surface area contributed by atoms with Crippen LogP contribution in [0, 0.1) is 6.92 Å². The van der Waals surface area contributed by atoms with E-state index >= 15 is 0 Å². The molecule has 7 heteroatoms. The summed E-state index contributed by atoms with van der Waals surface area (Å²) in [6, 6.07) is 1.83. The predicted molar refractivity (Wildman–Crippen MR) is 87.1 cm³/mol. The Morgan fingerprint density at radius 3 is 2.90 bits per heavy atom. The van der Waals surface area contributed by atoms with Crippen molar-refractivity contribution in [3.05, 3.63) is 15.8 Å². The SMILES string of the molecule is CCC1CN(S(=O)(=O)c2cc(CNC)sc2C)CCS1. The molecule has 0 amide bonds. The molecule has 1 aliphatic rings. The molecule has 1 aliphatic heterocycles. The molecule has 0 aliphatic carbocycles. The molecule has 1 atom stereocenters. The summed E-state index contributed by atoms with van der Waals surface area (Å²) in [6.07, 6.45) is 1.02. The van der Waals surface area contributed by atoms with Crippen LogP contribution in [0.2, 0.25) is 0 Å². The van der Waals surface area contributed by atoms with Crippen LogP contribution >= 0.6 is 23.1 Å². The van der Waals surface area contributed by atoms with Crippen LogP contribution < -0.4 is 5.32 Å². The largest absolute Gasteiger partial charge is 0.315 e. The van der Waals surface area contributed by atoms with Crippen molar-refractivity contribution in [2.75, 3.05) is 25.9 Å². The first-order valence-corrected chi connectivity index (χ1v) is 10.1. The van der Waals surface area contributed by atoms with Crippen LogP contribution in [0.5, 0.6) is 0 Å². The van der Waals surface area contributed by atoms with E-state index in [1.165, 1.54) is 0 Å². The molecule has 1 fully saturated rings. The third kappa shape index (κ3) is 3.39. The molecule has 1 aromatic heterocycles. The Balaban J connectivity index is 2.25. The number of sulfonamides is 1. The first kappa shape index (κ1) is 16.3. The Labute approximate surface area is 130 Å². The Morgan fingerprint density at radius 2 is 2.25 bits per heavy atom. The Morgan fingerprint density at radius 1 is 1.50 bits per heavy atom. The van der Waals surface area contributed by atoms with Gasteiger partial charge in [-0.05, 0) is 26.5 Å². The Bertz CT molecular complexity index is 554. The number of hydrogen-bond acceptors (Lipinski definition) is 5. The van der Waals surface area contributed by atoms with Gasteiger partial charge in [0.05, 0.1) is 4.90 Å². The van der Waals surface area contributed by atoms with Crippen LogP contribution in [0.25, 0.3) is 0 Å². The lowest BCUT2D eigenvalue weighted by atomic mass is 10.3. The van der Waals surface area contributed by atoms with E-state index in [2.05, 4.69) is 12.2 Å². The maximum absolute atomic E-state index is 12.8. The summed E-state index contributed by atoms with van der Waals surface area (Å²) in [4.78, 5) is 2.46. The maximum atomic E-state index is 12.8. The summed E-state index contributed by atoms with van der Waals surface area (Å²) in [5.74, 6) is 0.893. The third-order valence-corrected chi connectivity index (χ3v) is 7.99. The van der Waals surface area contributed by atoms with Gasteiger partial charge in [0.2, 0.25) is 10.0 Å². The van der Waals surface area contributed by atoms with E-state index in [0.29, 0.717) is 29.8 Å². The van der Waals surface area contributed by atoms with E-state index in [9.17, 15) is 8.42 Å². The zero-order chi connectivity index (χ0) is 14.8. The van der Waals surface area contributed by atoms with E-state index in [1.54, 1.807) is 15.6 Å². The van der Waals surface area contributed by atoms with Gasteiger partial charge in [-0.1, -0.05) is 6.92 Å². The number of hydrogen-bond donors (Lipinski definition) is 1. The van der Waals surface area contributed by atoms with Gasteiger partial charge in [-0.15, -0.1) is 11.3 Å². The molecule has 0 radical (unpaired) electrons. The highest BCUT2D eigenvalue weighted by atomic mass is 32.2. The number of thioether (sulfide) groups is 1. The van der Waals surface area contributed by atoms with Gasteiger partial charge < -0.3 is 5.32 Å². The molecule has 0 spiro atoms. The molecule has 0 aromatic carbocycles. The summed E-state index contributed by atoms with van der Waals surface area (Å²) < 4.78 is 27.2. The Kier molecular flexibility index (Phi) is 5.53. The van der Waals surface area contributed by atoms with Crippen molar-refractivity contribution in [2.45, 2.75) is 37.0 Å². The number of nitrogens with one attached hydrogen (secondary N) is 1. The van der Waals surface area contributed by atoms with Crippen LogP contribution in [-0.2, 0) is 16.6 Å². The van der Waals surface area contributed by atoms with Gasteiger partial charge in [0.25, 0.3) is 0 Å². The molecular formula is C13H22N2O2S3. The number of nitrogens with zero attached hydrogens (tertiary/aromatic N) is 1. The van der Waals surface area contributed by atoms with E-state index < -0.39 is 10.0 Å². The first-order valence-electron chi connectivity index (χ1n) is 6.84. The fourth-order valence-corrected chi connectivity index (χ4v) is 6.83. The van der Waals surface area contributed by atoms with Crippen molar-refractivity contribution in [3.8, 4) is 0 Å². The van der Waals surface area contributed by atoms with Crippen LogP contribution in [0.1, 0.15) is 23.1 Å². The summed E-state index contributed by atoms with van der Waals surface area (Å²) in [7, 11) is -1.46. The second-order valence-corrected chi connectivity index (χ2v) is 9.58. The quantitative estimate of drug-likeness (QED) is 0.897. The molecule has 1 unspecified atom stereocenters. The third-order valence-electron chi connectivity index (χ3n) is 3.45. The fourth-order valence-electron chi connectivity index (χ4n) is 2.34. The maximum Gasteiger partial charge on any atom is 0.244 e. The lowest BCUT2D eigenvalue weighted by molar-refractivity contribution is 0.416. The molecule has 4 nitrogen and oxygen atoms in total. The van der Waals surface area contributed by atoms with Crippen molar-refractivity contribution >= 4 is 33.1 Å². The van der Waals surface area contributed by atoms with Gasteiger partial charge >= 0.3 is 0 Å². The average Bonchev–Trinajstić information content (AvgIpc) is 2.81. The summed E-state index contributed by atoms with van der Waals surface area (Å²) in [6.45, 7) is 6.00. The van der Waals surface area contributed by atoms with Crippen LogP contribution in [0.15, 0.2) is 11.0 Å². The highest BCUT2D eigenvalue weighted by Gasteiger charge is 2.31. The molecular weight excluding hydrogens is 312 g/mol. The second-order valence-electron chi connectivity index (χ2n) is 4.93. The van der Waals surface area contributed by atoms with E-state index in [4.69, 9.17) is 0 Å². The zero-order valence-corrected chi connectivity index (χ0v) is 14.6. The molecule has 2 heterocycles. The molecule has 1 saturated heterocycles. The molecule has 20 heavy (non-hydrogen) atoms. The average molecular weight is 335 g/mol.